The lowest BCUT2D eigenvalue weighted by atomic mass is 10.1. The summed E-state index contributed by atoms with van der Waals surface area (Å²) in [5.74, 6) is 2.68. The van der Waals surface area contributed by atoms with E-state index in [0.717, 1.165) is 5.56 Å². The van der Waals surface area contributed by atoms with Gasteiger partial charge in [0.15, 0.2) is 0 Å². The third-order valence-electron chi connectivity index (χ3n) is 2.04. The molecule has 0 radical (unpaired) electrons. The third kappa shape index (κ3) is 3.97. The Morgan fingerprint density at radius 3 is 2.47 bits per heavy atom. The first kappa shape index (κ1) is 13.3. The van der Waals surface area contributed by atoms with E-state index in [1.807, 2.05) is 0 Å². The minimum absolute atomic E-state index is 0.388. The Morgan fingerprint density at radius 2 is 2.00 bits per heavy atom. The van der Waals surface area contributed by atoms with Crippen molar-refractivity contribution in [1.29, 1.82) is 0 Å². The van der Waals surface area contributed by atoms with Crippen LogP contribution in [0.5, 0.6) is 0 Å². The lowest BCUT2D eigenvalue weighted by molar-refractivity contribution is 0.0601. The third-order valence-corrected chi connectivity index (χ3v) is 2.92. The Kier molecular flexibility index (Phi) is 3.97. The van der Waals surface area contributed by atoms with Crippen LogP contribution >= 0.6 is 0 Å². The molecule has 0 heterocycles. The molecular weight excluding hydrogens is 230 g/mol. The lowest BCUT2D eigenvalue weighted by Crippen LogP contribution is -2.16. The van der Waals surface area contributed by atoms with Crippen molar-refractivity contribution in [3.8, 4) is 11.5 Å². The number of rotatable bonds is 1. The summed E-state index contributed by atoms with van der Waals surface area (Å²) in [5.41, 5.74) is 10.8. The van der Waals surface area contributed by atoms with Crippen molar-refractivity contribution in [1.82, 2.24) is 0 Å². The van der Waals surface area contributed by atoms with E-state index in [1.54, 1.807) is 18.2 Å². The molecule has 2 N–H and O–H groups in total. The number of benzene rings is 1. The SMILES string of the molecule is COC(=O)c1ccc(C#C[Si](C)(C)C)c(N)c1. The number of esters is 1. The van der Waals surface area contributed by atoms with E-state index in [4.69, 9.17) is 5.73 Å². The van der Waals surface area contributed by atoms with Gasteiger partial charge in [0.2, 0.25) is 0 Å². The van der Waals surface area contributed by atoms with Gasteiger partial charge in [-0.2, -0.15) is 0 Å². The van der Waals surface area contributed by atoms with Gasteiger partial charge in [-0.15, -0.1) is 5.54 Å². The fourth-order valence-electron chi connectivity index (χ4n) is 1.18. The number of methoxy groups -OCH3 is 1. The average Bonchev–Trinajstić information content (AvgIpc) is 2.25. The van der Waals surface area contributed by atoms with Crippen molar-refractivity contribution >= 4 is 19.7 Å². The molecule has 0 unspecified atom stereocenters. The molecule has 0 amide bonds. The molecule has 1 aromatic carbocycles. The quantitative estimate of drug-likeness (QED) is 0.358. The molecule has 1 aromatic rings. The highest BCUT2D eigenvalue weighted by atomic mass is 28.3. The molecule has 0 atom stereocenters. The second-order valence-electron chi connectivity index (χ2n) is 4.79. The highest BCUT2D eigenvalue weighted by Crippen LogP contribution is 2.14. The lowest BCUT2D eigenvalue weighted by Gasteiger charge is -2.05. The summed E-state index contributed by atoms with van der Waals surface area (Å²) in [5, 5.41) is 0. The molecule has 0 spiro atoms. The number of carbonyl (C=O) groups excluding carboxylic acids is 1. The predicted octanol–water partition coefficient (Wildman–Crippen LogP) is 2.28. The summed E-state index contributed by atoms with van der Waals surface area (Å²) in [7, 11) is -0.0688. The molecule has 0 bridgehead atoms. The Bertz CT molecular complexity index is 492. The van der Waals surface area contributed by atoms with Crippen LogP contribution in [-0.4, -0.2) is 21.2 Å². The smallest absolute Gasteiger partial charge is 0.337 e. The summed E-state index contributed by atoms with van der Waals surface area (Å²) in [6.07, 6.45) is 0. The van der Waals surface area contributed by atoms with Crippen LogP contribution in [0.1, 0.15) is 15.9 Å². The van der Waals surface area contributed by atoms with Crippen LogP contribution in [0.2, 0.25) is 19.6 Å². The van der Waals surface area contributed by atoms with Gasteiger partial charge in [-0.1, -0.05) is 25.6 Å². The molecule has 17 heavy (non-hydrogen) atoms. The standard InChI is InChI=1S/C13H17NO2Si/c1-16-13(15)11-6-5-10(12(14)9-11)7-8-17(2,3)4/h5-6,9H,14H2,1-4H3. The molecule has 0 aliphatic heterocycles. The van der Waals surface area contributed by atoms with E-state index in [1.165, 1.54) is 7.11 Å². The van der Waals surface area contributed by atoms with Gasteiger partial charge in [0, 0.05) is 11.3 Å². The molecular formula is C13H17NO2Si. The van der Waals surface area contributed by atoms with E-state index in [-0.39, 0.29) is 5.97 Å². The van der Waals surface area contributed by atoms with E-state index < -0.39 is 8.07 Å². The van der Waals surface area contributed by atoms with Crippen molar-refractivity contribution in [3.05, 3.63) is 29.3 Å². The predicted molar refractivity (Wildman–Crippen MR) is 72.4 cm³/mol. The zero-order valence-corrected chi connectivity index (χ0v) is 11.6. The molecule has 1 rings (SSSR count). The zero-order chi connectivity index (χ0) is 13.1. The van der Waals surface area contributed by atoms with Gasteiger partial charge in [0.05, 0.1) is 12.7 Å². The number of anilines is 1. The van der Waals surface area contributed by atoms with Gasteiger partial charge in [0.1, 0.15) is 8.07 Å². The second kappa shape index (κ2) is 5.06. The maximum absolute atomic E-state index is 11.3. The van der Waals surface area contributed by atoms with Crippen molar-refractivity contribution in [3.63, 3.8) is 0 Å². The summed E-state index contributed by atoms with van der Waals surface area (Å²) >= 11 is 0. The minimum Gasteiger partial charge on any atom is -0.465 e. The highest BCUT2D eigenvalue weighted by molar-refractivity contribution is 6.83. The van der Waals surface area contributed by atoms with E-state index in [9.17, 15) is 4.79 Å². The van der Waals surface area contributed by atoms with Crippen LogP contribution in [0, 0.1) is 11.5 Å². The average molecular weight is 247 g/mol. The monoisotopic (exact) mass is 247 g/mol. The minimum atomic E-state index is -1.41. The summed E-state index contributed by atoms with van der Waals surface area (Å²) in [4.78, 5) is 11.3. The Balaban J connectivity index is 3.05. The van der Waals surface area contributed by atoms with E-state index in [2.05, 4.69) is 35.8 Å². The first-order valence-corrected chi connectivity index (χ1v) is 8.84. The number of nitrogens with two attached hydrogens (primary N) is 1. The molecule has 0 aliphatic rings. The molecule has 3 nitrogen and oxygen atoms in total. The fourth-order valence-corrected chi connectivity index (χ4v) is 1.69. The highest BCUT2D eigenvalue weighted by Gasteiger charge is 2.09. The number of nitrogen functional groups attached to an aromatic ring is 1. The largest absolute Gasteiger partial charge is 0.465 e. The van der Waals surface area contributed by atoms with Crippen LogP contribution in [0.3, 0.4) is 0 Å². The summed E-state index contributed by atoms with van der Waals surface area (Å²) in [6, 6.07) is 5.03. The number of carbonyl (C=O) groups is 1. The number of hydrogen-bond donors (Lipinski definition) is 1. The first-order chi connectivity index (χ1) is 7.83. The molecule has 0 saturated carbocycles. The van der Waals surface area contributed by atoms with Gasteiger partial charge in [0.25, 0.3) is 0 Å². The van der Waals surface area contributed by atoms with Crippen LogP contribution < -0.4 is 5.73 Å². The summed E-state index contributed by atoms with van der Waals surface area (Å²) < 4.78 is 4.62. The first-order valence-electron chi connectivity index (χ1n) is 5.34. The van der Waals surface area contributed by atoms with Crippen molar-refractivity contribution in [2.45, 2.75) is 19.6 Å². The maximum Gasteiger partial charge on any atom is 0.337 e. The Labute approximate surface area is 103 Å². The van der Waals surface area contributed by atoms with Crippen molar-refractivity contribution in [2.24, 2.45) is 0 Å². The van der Waals surface area contributed by atoms with Crippen molar-refractivity contribution < 1.29 is 9.53 Å². The maximum atomic E-state index is 11.3. The van der Waals surface area contributed by atoms with Gasteiger partial charge < -0.3 is 10.5 Å². The molecule has 90 valence electrons. The second-order valence-corrected chi connectivity index (χ2v) is 9.54. The van der Waals surface area contributed by atoms with Crippen LogP contribution in [0.15, 0.2) is 18.2 Å². The normalized spacial score (nSPS) is 10.4. The molecule has 0 aliphatic carbocycles. The fraction of sp³-hybridized carbons (Fsp3) is 0.308. The molecule has 0 aromatic heterocycles. The van der Waals surface area contributed by atoms with Gasteiger partial charge >= 0.3 is 5.97 Å². The van der Waals surface area contributed by atoms with E-state index in [0.29, 0.717) is 11.3 Å². The van der Waals surface area contributed by atoms with E-state index >= 15 is 0 Å². The summed E-state index contributed by atoms with van der Waals surface area (Å²) in [6.45, 7) is 6.50. The Morgan fingerprint density at radius 1 is 1.35 bits per heavy atom. The van der Waals surface area contributed by atoms with Gasteiger partial charge in [-0.05, 0) is 18.2 Å². The van der Waals surface area contributed by atoms with Crippen LogP contribution in [0.25, 0.3) is 0 Å². The van der Waals surface area contributed by atoms with Gasteiger partial charge in [-0.3, -0.25) is 0 Å². The molecule has 0 saturated heterocycles. The van der Waals surface area contributed by atoms with Crippen LogP contribution in [-0.2, 0) is 4.74 Å². The number of hydrogen-bond acceptors (Lipinski definition) is 3. The topological polar surface area (TPSA) is 52.3 Å². The van der Waals surface area contributed by atoms with Crippen molar-refractivity contribution in [2.75, 3.05) is 12.8 Å². The molecule has 0 fully saturated rings. The van der Waals surface area contributed by atoms with Crippen LogP contribution in [0.4, 0.5) is 5.69 Å². The van der Waals surface area contributed by atoms with Gasteiger partial charge in [-0.25, -0.2) is 4.79 Å². The zero-order valence-electron chi connectivity index (χ0n) is 10.6. The molecule has 4 heteroatoms. The Hall–Kier alpha value is -1.73. The number of ether oxygens (including phenoxy) is 1.